The van der Waals surface area contributed by atoms with Crippen molar-refractivity contribution in [2.24, 2.45) is 11.1 Å². The zero-order valence-electron chi connectivity index (χ0n) is 11.0. The lowest BCUT2D eigenvalue weighted by molar-refractivity contribution is -0.122. The first-order valence-electron chi connectivity index (χ1n) is 5.95. The fourth-order valence-electron chi connectivity index (χ4n) is 1.74. The van der Waals surface area contributed by atoms with Gasteiger partial charge in [-0.25, -0.2) is 0 Å². The Morgan fingerprint density at radius 1 is 1.41 bits per heavy atom. The SMILES string of the molecule is CCc1ccc(CN[C@H](C(N)=O)C(C)(C)C)o1. The van der Waals surface area contributed by atoms with Gasteiger partial charge >= 0.3 is 0 Å². The number of furan rings is 1. The molecule has 1 aromatic rings. The average Bonchev–Trinajstić information content (AvgIpc) is 2.63. The van der Waals surface area contributed by atoms with Crippen LogP contribution in [0.4, 0.5) is 0 Å². The molecule has 3 N–H and O–H groups in total. The number of amides is 1. The normalized spacial score (nSPS) is 13.6. The Balaban J connectivity index is 2.61. The van der Waals surface area contributed by atoms with E-state index in [0.29, 0.717) is 6.54 Å². The monoisotopic (exact) mass is 238 g/mol. The number of hydrogen-bond donors (Lipinski definition) is 2. The summed E-state index contributed by atoms with van der Waals surface area (Å²) in [5.74, 6) is 1.45. The quantitative estimate of drug-likeness (QED) is 0.822. The highest BCUT2D eigenvalue weighted by Crippen LogP contribution is 2.19. The largest absolute Gasteiger partial charge is 0.465 e. The van der Waals surface area contributed by atoms with Gasteiger partial charge in [0, 0.05) is 6.42 Å². The Morgan fingerprint density at radius 2 is 2.00 bits per heavy atom. The maximum atomic E-state index is 11.4. The van der Waals surface area contributed by atoms with Crippen LogP contribution in [0.1, 0.15) is 39.2 Å². The van der Waals surface area contributed by atoms with Crippen molar-refractivity contribution in [1.82, 2.24) is 5.32 Å². The molecule has 0 fully saturated rings. The lowest BCUT2D eigenvalue weighted by Gasteiger charge is -2.28. The van der Waals surface area contributed by atoms with E-state index in [1.165, 1.54) is 0 Å². The Bertz CT molecular complexity index is 377. The van der Waals surface area contributed by atoms with Gasteiger partial charge in [-0.3, -0.25) is 10.1 Å². The van der Waals surface area contributed by atoms with Crippen molar-refractivity contribution in [2.75, 3.05) is 0 Å². The van der Waals surface area contributed by atoms with Crippen LogP contribution < -0.4 is 11.1 Å². The third-order valence-electron chi connectivity index (χ3n) is 2.70. The van der Waals surface area contributed by atoms with E-state index in [1.54, 1.807) is 0 Å². The van der Waals surface area contributed by atoms with Crippen LogP contribution >= 0.6 is 0 Å². The van der Waals surface area contributed by atoms with Gasteiger partial charge in [-0.05, 0) is 17.5 Å². The minimum atomic E-state index is -0.363. The zero-order chi connectivity index (χ0) is 13.1. The highest BCUT2D eigenvalue weighted by molar-refractivity contribution is 5.80. The topological polar surface area (TPSA) is 68.3 Å². The Kier molecular flexibility index (Phi) is 4.34. The van der Waals surface area contributed by atoms with E-state index in [1.807, 2.05) is 39.8 Å². The Morgan fingerprint density at radius 3 is 2.41 bits per heavy atom. The molecule has 1 heterocycles. The maximum Gasteiger partial charge on any atom is 0.235 e. The van der Waals surface area contributed by atoms with Gasteiger partial charge in [-0.1, -0.05) is 27.7 Å². The summed E-state index contributed by atoms with van der Waals surface area (Å²) in [6.45, 7) is 8.50. The molecule has 0 aliphatic carbocycles. The van der Waals surface area contributed by atoms with Crippen LogP contribution in [0, 0.1) is 5.41 Å². The molecule has 1 aromatic heterocycles. The summed E-state index contributed by atoms with van der Waals surface area (Å²) in [5, 5.41) is 3.14. The smallest absolute Gasteiger partial charge is 0.235 e. The van der Waals surface area contributed by atoms with E-state index in [-0.39, 0.29) is 17.4 Å². The minimum absolute atomic E-state index is 0.202. The van der Waals surface area contributed by atoms with Crippen molar-refractivity contribution in [3.05, 3.63) is 23.7 Å². The maximum absolute atomic E-state index is 11.4. The van der Waals surface area contributed by atoms with Gasteiger partial charge in [-0.2, -0.15) is 0 Å². The predicted molar refractivity (Wildman–Crippen MR) is 67.4 cm³/mol. The summed E-state index contributed by atoms with van der Waals surface area (Å²) in [7, 11) is 0. The van der Waals surface area contributed by atoms with Crippen LogP contribution in [0.25, 0.3) is 0 Å². The Hall–Kier alpha value is -1.29. The summed E-state index contributed by atoms with van der Waals surface area (Å²) in [5.41, 5.74) is 5.18. The third-order valence-corrected chi connectivity index (χ3v) is 2.70. The van der Waals surface area contributed by atoms with Crippen molar-refractivity contribution in [1.29, 1.82) is 0 Å². The van der Waals surface area contributed by atoms with Crippen molar-refractivity contribution < 1.29 is 9.21 Å². The first-order chi connectivity index (χ1) is 7.84. The van der Waals surface area contributed by atoms with Crippen LogP contribution in [0.15, 0.2) is 16.5 Å². The molecule has 0 unspecified atom stereocenters. The molecule has 0 saturated heterocycles. The van der Waals surface area contributed by atoms with Gasteiger partial charge in [-0.15, -0.1) is 0 Å². The fraction of sp³-hybridized carbons (Fsp3) is 0.615. The van der Waals surface area contributed by atoms with Gasteiger partial charge < -0.3 is 10.2 Å². The number of nitrogens with one attached hydrogen (secondary N) is 1. The molecule has 4 heteroatoms. The highest BCUT2D eigenvalue weighted by atomic mass is 16.3. The van der Waals surface area contributed by atoms with E-state index in [9.17, 15) is 4.79 Å². The molecular formula is C13H22N2O2. The average molecular weight is 238 g/mol. The molecule has 0 aromatic carbocycles. The van der Waals surface area contributed by atoms with E-state index in [4.69, 9.17) is 10.2 Å². The summed E-state index contributed by atoms with van der Waals surface area (Å²) in [6, 6.07) is 3.51. The summed E-state index contributed by atoms with van der Waals surface area (Å²) in [4.78, 5) is 11.4. The molecule has 0 aliphatic rings. The molecule has 0 aliphatic heterocycles. The molecular weight excluding hydrogens is 216 g/mol. The van der Waals surface area contributed by atoms with Crippen LogP contribution in [0.3, 0.4) is 0 Å². The number of rotatable bonds is 5. The first-order valence-corrected chi connectivity index (χ1v) is 5.95. The number of hydrogen-bond acceptors (Lipinski definition) is 3. The molecule has 1 amide bonds. The molecule has 0 radical (unpaired) electrons. The van der Waals surface area contributed by atoms with Gasteiger partial charge in [0.15, 0.2) is 0 Å². The van der Waals surface area contributed by atoms with Crippen molar-refractivity contribution in [3.63, 3.8) is 0 Å². The van der Waals surface area contributed by atoms with Crippen LogP contribution in [-0.2, 0) is 17.8 Å². The predicted octanol–water partition coefficient (Wildman–Crippen LogP) is 1.83. The highest BCUT2D eigenvalue weighted by Gasteiger charge is 2.29. The molecule has 17 heavy (non-hydrogen) atoms. The van der Waals surface area contributed by atoms with E-state index in [0.717, 1.165) is 17.9 Å². The Labute approximate surface area is 103 Å². The second-order valence-corrected chi connectivity index (χ2v) is 5.30. The second kappa shape index (κ2) is 5.36. The van der Waals surface area contributed by atoms with Gasteiger partial charge in [0.25, 0.3) is 0 Å². The van der Waals surface area contributed by atoms with Gasteiger partial charge in [0.2, 0.25) is 5.91 Å². The number of nitrogens with two attached hydrogens (primary N) is 1. The molecule has 1 atom stereocenters. The number of aryl methyl sites for hydroxylation is 1. The van der Waals surface area contributed by atoms with Gasteiger partial charge in [0.1, 0.15) is 11.5 Å². The minimum Gasteiger partial charge on any atom is -0.465 e. The molecule has 0 bridgehead atoms. The summed E-state index contributed by atoms with van der Waals surface area (Å²) < 4.78 is 5.56. The summed E-state index contributed by atoms with van der Waals surface area (Å²) in [6.07, 6.45) is 0.874. The van der Waals surface area contributed by atoms with Crippen LogP contribution in [0.2, 0.25) is 0 Å². The molecule has 4 nitrogen and oxygen atoms in total. The summed E-state index contributed by atoms with van der Waals surface area (Å²) >= 11 is 0. The van der Waals surface area contributed by atoms with E-state index < -0.39 is 0 Å². The van der Waals surface area contributed by atoms with E-state index >= 15 is 0 Å². The number of primary amides is 1. The lowest BCUT2D eigenvalue weighted by Crippen LogP contribution is -2.49. The van der Waals surface area contributed by atoms with E-state index in [2.05, 4.69) is 5.32 Å². The van der Waals surface area contributed by atoms with Crippen LogP contribution in [0.5, 0.6) is 0 Å². The molecule has 0 spiro atoms. The van der Waals surface area contributed by atoms with Crippen LogP contribution in [-0.4, -0.2) is 11.9 Å². The zero-order valence-corrected chi connectivity index (χ0v) is 11.0. The van der Waals surface area contributed by atoms with Gasteiger partial charge in [0.05, 0.1) is 12.6 Å². The van der Waals surface area contributed by atoms with Crippen molar-refractivity contribution in [2.45, 2.75) is 46.7 Å². The second-order valence-electron chi connectivity index (χ2n) is 5.30. The number of carbonyl (C=O) groups is 1. The number of carbonyl (C=O) groups excluding carboxylic acids is 1. The molecule has 1 rings (SSSR count). The lowest BCUT2D eigenvalue weighted by atomic mass is 9.86. The van der Waals surface area contributed by atoms with Crippen molar-refractivity contribution in [3.8, 4) is 0 Å². The third kappa shape index (κ3) is 3.89. The fourth-order valence-corrected chi connectivity index (χ4v) is 1.74. The molecule has 0 saturated carbocycles. The van der Waals surface area contributed by atoms with Crippen molar-refractivity contribution >= 4 is 5.91 Å². The standard InChI is InChI=1S/C13H22N2O2/c1-5-9-6-7-10(17-9)8-15-11(12(14)16)13(2,3)4/h6-7,11,15H,5,8H2,1-4H3,(H2,14,16)/t11-/m1/s1. The molecule has 96 valence electrons. The first kappa shape index (κ1) is 13.8.